The predicted octanol–water partition coefficient (Wildman–Crippen LogP) is 3.56. The summed E-state index contributed by atoms with van der Waals surface area (Å²) in [5.41, 5.74) is 5.95. The Labute approximate surface area is 204 Å². The first-order chi connectivity index (χ1) is 17.2. The fourth-order valence-electron chi connectivity index (χ4n) is 5.31. The summed E-state index contributed by atoms with van der Waals surface area (Å²) in [7, 11) is 0. The maximum atomic E-state index is 9.52. The van der Waals surface area contributed by atoms with Crippen LogP contribution in [0.4, 0.5) is 17.1 Å². The fourth-order valence-corrected chi connectivity index (χ4v) is 5.31. The molecule has 2 atom stereocenters. The van der Waals surface area contributed by atoms with Crippen LogP contribution in [0.25, 0.3) is 10.9 Å². The van der Waals surface area contributed by atoms with Gasteiger partial charge in [-0.1, -0.05) is 6.07 Å². The Balaban J connectivity index is 1.27. The van der Waals surface area contributed by atoms with Crippen LogP contribution in [-0.2, 0) is 16.0 Å². The van der Waals surface area contributed by atoms with Crippen LogP contribution in [0.2, 0.25) is 0 Å². The number of aliphatic imine (C=N–C) groups is 1. The van der Waals surface area contributed by atoms with Gasteiger partial charge in [0.2, 0.25) is 0 Å². The van der Waals surface area contributed by atoms with Gasteiger partial charge in [0.25, 0.3) is 0 Å². The molecular weight excluding hydrogens is 440 g/mol. The average molecular weight is 469 g/mol. The third-order valence-electron chi connectivity index (χ3n) is 6.95. The van der Waals surface area contributed by atoms with Gasteiger partial charge in [-0.3, -0.25) is 9.98 Å². The van der Waals surface area contributed by atoms with Crippen molar-refractivity contribution in [3.8, 4) is 6.07 Å². The SMILES string of the molecule is C[C@@H]1CN(c2ccc(C#N)c3ncccc23)C[C@H](C2=NCc3c(cccc3N3CCOCC3)N2)O1. The van der Waals surface area contributed by atoms with Crippen molar-refractivity contribution in [1.29, 1.82) is 5.26 Å². The molecule has 35 heavy (non-hydrogen) atoms. The van der Waals surface area contributed by atoms with E-state index in [-0.39, 0.29) is 12.2 Å². The van der Waals surface area contributed by atoms with Gasteiger partial charge in [0, 0.05) is 53.8 Å². The summed E-state index contributed by atoms with van der Waals surface area (Å²) in [6.07, 6.45) is 1.59. The lowest BCUT2D eigenvalue weighted by Gasteiger charge is -2.40. The van der Waals surface area contributed by atoms with E-state index in [2.05, 4.69) is 51.3 Å². The van der Waals surface area contributed by atoms with Gasteiger partial charge >= 0.3 is 0 Å². The van der Waals surface area contributed by atoms with Crippen molar-refractivity contribution < 1.29 is 9.47 Å². The number of ether oxygens (including phenoxy) is 2. The van der Waals surface area contributed by atoms with Crippen molar-refractivity contribution >= 4 is 33.8 Å². The Hall–Kier alpha value is -3.67. The van der Waals surface area contributed by atoms with Crippen LogP contribution in [-0.4, -0.2) is 62.4 Å². The molecule has 3 aliphatic heterocycles. The number of aromatic nitrogens is 1. The standard InChI is InChI=1S/C27H28N6O2/c1-18-16-33(24-8-7-19(14-28)26-20(24)4-3-9-29-26)17-25(35-18)27-30-15-21-22(31-27)5-2-6-23(21)32-10-12-34-13-11-32/h2-9,18,25H,10-13,15-17H2,1H3,(H,30,31)/t18-,25-/m1/s1. The van der Waals surface area contributed by atoms with E-state index in [0.29, 0.717) is 18.7 Å². The van der Waals surface area contributed by atoms with Crippen LogP contribution in [0.15, 0.2) is 53.7 Å². The largest absolute Gasteiger partial charge is 0.378 e. The lowest BCUT2D eigenvalue weighted by Crippen LogP contribution is -2.52. The van der Waals surface area contributed by atoms with Gasteiger partial charge in [0.15, 0.2) is 0 Å². The Kier molecular flexibility index (Phi) is 5.72. The second-order valence-electron chi connectivity index (χ2n) is 9.21. The van der Waals surface area contributed by atoms with Crippen LogP contribution in [0.5, 0.6) is 0 Å². The lowest BCUT2D eigenvalue weighted by molar-refractivity contribution is 0.0204. The number of pyridine rings is 1. The number of morpholine rings is 2. The molecule has 0 amide bonds. The molecule has 0 aliphatic carbocycles. The highest BCUT2D eigenvalue weighted by atomic mass is 16.5. The Bertz CT molecular complexity index is 1330. The summed E-state index contributed by atoms with van der Waals surface area (Å²) in [4.78, 5) is 14.1. The molecule has 1 aromatic heterocycles. The molecule has 8 nitrogen and oxygen atoms in total. The Morgan fingerprint density at radius 2 is 1.91 bits per heavy atom. The normalized spacial score (nSPS) is 22.2. The molecule has 2 aromatic carbocycles. The molecule has 0 saturated carbocycles. The molecule has 3 aliphatic rings. The molecule has 2 fully saturated rings. The van der Waals surface area contributed by atoms with Crippen molar-refractivity contribution in [2.45, 2.75) is 25.7 Å². The molecule has 4 heterocycles. The third-order valence-corrected chi connectivity index (χ3v) is 6.95. The number of anilines is 3. The highest BCUT2D eigenvalue weighted by Crippen LogP contribution is 2.34. The van der Waals surface area contributed by atoms with Gasteiger partial charge in [-0.25, -0.2) is 0 Å². The zero-order valence-electron chi connectivity index (χ0n) is 19.8. The molecule has 2 saturated heterocycles. The number of amidine groups is 1. The summed E-state index contributed by atoms with van der Waals surface area (Å²) in [5, 5.41) is 14.1. The van der Waals surface area contributed by atoms with Gasteiger partial charge in [0.1, 0.15) is 18.0 Å². The van der Waals surface area contributed by atoms with Crippen molar-refractivity contribution in [2.24, 2.45) is 4.99 Å². The molecule has 0 bridgehead atoms. The van der Waals surface area contributed by atoms with E-state index in [9.17, 15) is 5.26 Å². The van der Waals surface area contributed by atoms with E-state index < -0.39 is 0 Å². The average Bonchev–Trinajstić information content (AvgIpc) is 2.92. The lowest BCUT2D eigenvalue weighted by atomic mass is 10.0. The number of nitrogens with zero attached hydrogens (tertiary/aromatic N) is 5. The van der Waals surface area contributed by atoms with Crippen molar-refractivity contribution in [2.75, 3.05) is 54.5 Å². The smallest absolute Gasteiger partial charge is 0.133 e. The van der Waals surface area contributed by atoms with Gasteiger partial charge in [-0.05, 0) is 43.3 Å². The second kappa shape index (κ2) is 9.17. The number of rotatable bonds is 3. The number of nitrogens with one attached hydrogen (secondary N) is 1. The van der Waals surface area contributed by atoms with E-state index in [1.165, 1.54) is 11.3 Å². The van der Waals surface area contributed by atoms with E-state index in [0.717, 1.165) is 61.0 Å². The Morgan fingerprint density at radius 3 is 2.77 bits per heavy atom. The minimum absolute atomic E-state index is 0.0293. The van der Waals surface area contributed by atoms with E-state index >= 15 is 0 Å². The van der Waals surface area contributed by atoms with Crippen molar-refractivity contribution in [3.63, 3.8) is 0 Å². The van der Waals surface area contributed by atoms with Crippen LogP contribution < -0.4 is 15.1 Å². The third kappa shape index (κ3) is 4.07. The highest BCUT2D eigenvalue weighted by molar-refractivity contribution is 6.02. The summed E-state index contributed by atoms with van der Waals surface area (Å²) in [6, 6.07) is 16.5. The first-order valence-electron chi connectivity index (χ1n) is 12.2. The van der Waals surface area contributed by atoms with Crippen molar-refractivity contribution in [3.05, 3.63) is 59.8 Å². The summed E-state index contributed by atoms with van der Waals surface area (Å²) >= 11 is 0. The molecule has 0 radical (unpaired) electrons. The maximum absolute atomic E-state index is 9.52. The number of hydrogen-bond acceptors (Lipinski definition) is 8. The van der Waals surface area contributed by atoms with Gasteiger partial charge in [-0.15, -0.1) is 0 Å². The summed E-state index contributed by atoms with van der Waals surface area (Å²) < 4.78 is 11.9. The molecule has 0 spiro atoms. The van der Waals surface area contributed by atoms with Crippen LogP contribution >= 0.6 is 0 Å². The molecule has 1 N–H and O–H groups in total. The minimum Gasteiger partial charge on any atom is -0.378 e. The van der Waals surface area contributed by atoms with Crippen LogP contribution in [0, 0.1) is 11.3 Å². The molecule has 8 heteroatoms. The quantitative estimate of drug-likeness (QED) is 0.629. The van der Waals surface area contributed by atoms with Gasteiger partial charge in [0.05, 0.1) is 43.5 Å². The molecule has 178 valence electrons. The zero-order chi connectivity index (χ0) is 23.8. The monoisotopic (exact) mass is 468 g/mol. The zero-order valence-corrected chi connectivity index (χ0v) is 19.8. The predicted molar refractivity (Wildman–Crippen MR) is 137 cm³/mol. The molecular formula is C27H28N6O2. The summed E-state index contributed by atoms with van der Waals surface area (Å²) in [6.45, 7) is 7.48. The first kappa shape index (κ1) is 21.8. The van der Waals surface area contributed by atoms with E-state index in [1.54, 1.807) is 6.20 Å². The van der Waals surface area contributed by atoms with Gasteiger partial charge < -0.3 is 24.6 Å². The number of hydrogen-bond donors (Lipinski definition) is 1. The van der Waals surface area contributed by atoms with Crippen LogP contribution in [0.3, 0.4) is 0 Å². The van der Waals surface area contributed by atoms with E-state index in [1.807, 2.05) is 24.3 Å². The number of benzene rings is 2. The fraction of sp³-hybridized carbons (Fsp3) is 0.370. The highest BCUT2D eigenvalue weighted by Gasteiger charge is 2.32. The Morgan fingerprint density at radius 1 is 1.03 bits per heavy atom. The van der Waals surface area contributed by atoms with E-state index in [4.69, 9.17) is 14.5 Å². The maximum Gasteiger partial charge on any atom is 0.133 e. The minimum atomic E-state index is -0.179. The van der Waals surface area contributed by atoms with Crippen LogP contribution in [0.1, 0.15) is 18.1 Å². The topological polar surface area (TPSA) is 86.0 Å². The first-order valence-corrected chi connectivity index (χ1v) is 12.2. The summed E-state index contributed by atoms with van der Waals surface area (Å²) in [5.74, 6) is 0.865. The molecule has 6 rings (SSSR count). The molecule has 0 unspecified atom stereocenters. The number of fused-ring (bicyclic) bond motifs is 2. The van der Waals surface area contributed by atoms with Gasteiger partial charge in [-0.2, -0.15) is 5.26 Å². The number of nitriles is 1. The van der Waals surface area contributed by atoms with Crippen molar-refractivity contribution in [1.82, 2.24) is 4.98 Å². The molecule has 3 aromatic rings. The second-order valence-corrected chi connectivity index (χ2v) is 9.21.